The summed E-state index contributed by atoms with van der Waals surface area (Å²) < 4.78 is 0. The number of pyridine rings is 1. The van der Waals surface area contributed by atoms with Crippen LogP contribution in [0.5, 0.6) is 0 Å². The number of aromatic nitrogens is 1. The van der Waals surface area contributed by atoms with Crippen LogP contribution >= 0.6 is 0 Å². The SMILES string of the molecule is O=C(O)/C=C/c1ccc(C(=O)NN2CCCCC2)nc1. The minimum atomic E-state index is -1.02. The van der Waals surface area contributed by atoms with E-state index < -0.39 is 5.97 Å². The number of amides is 1. The molecular weight excluding hydrogens is 258 g/mol. The third-order valence-electron chi connectivity index (χ3n) is 3.05. The zero-order valence-corrected chi connectivity index (χ0v) is 11.1. The lowest BCUT2D eigenvalue weighted by Crippen LogP contribution is -2.45. The van der Waals surface area contributed by atoms with Crippen molar-refractivity contribution in [2.75, 3.05) is 13.1 Å². The lowest BCUT2D eigenvalue weighted by atomic mass is 10.2. The number of carboxylic acids is 1. The molecule has 6 nitrogen and oxygen atoms in total. The van der Waals surface area contributed by atoms with Crippen LogP contribution in [-0.4, -0.2) is 40.1 Å². The van der Waals surface area contributed by atoms with E-state index in [0.29, 0.717) is 11.3 Å². The number of hydrogen-bond acceptors (Lipinski definition) is 4. The monoisotopic (exact) mass is 275 g/mol. The molecule has 1 aliphatic heterocycles. The lowest BCUT2D eigenvalue weighted by Gasteiger charge is -2.26. The van der Waals surface area contributed by atoms with Crippen LogP contribution in [0.2, 0.25) is 0 Å². The first-order valence-electron chi connectivity index (χ1n) is 6.58. The molecule has 0 bridgehead atoms. The molecule has 20 heavy (non-hydrogen) atoms. The summed E-state index contributed by atoms with van der Waals surface area (Å²) in [6, 6.07) is 3.25. The maximum Gasteiger partial charge on any atom is 0.328 e. The Hall–Kier alpha value is -2.21. The van der Waals surface area contributed by atoms with E-state index in [2.05, 4.69) is 10.4 Å². The van der Waals surface area contributed by atoms with E-state index in [1.807, 2.05) is 5.01 Å². The second-order valence-electron chi connectivity index (χ2n) is 4.64. The van der Waals surface area contributed by atoms with Crippen LogP contribution < -0.4 is 5.43 Å². The number of piperidine rings is 1. The Labute approximate surface area is 117 Å². The average Bonchev–Trinajstić information content (AvgIpc) is 2.46. The molecule has 0 spiro atoms. The summed E-state index contributed by atoms with van der Waals surface area (Å²) in [6.07, 6.45) is 7.32. The molecule has 1 fully saturated rings. The van der Waals surface area contributed by atoms with Crippen LogP contribution in [0, 0.1) is 0 Å². The van der Waals surface area contributed by atoms with Crippen molar-refractivity contribution in [2.24, 2.45) is 0 Å². The van der Waals surface area contributed by atoms with Gasteiger partial charge in [-0.2, -0.15) is 0 Å². The first kappa shape index (κ1) is 14.2. The Morgan fingerprint density at radius 3 is 2.60 bits per heavy atom. The largest absolute Gasteiger partial charge is 0.478 e. The first-order chi connectivity index (χ1) is 9.65. The second kappa shape index (κ2) is 6.81. The van der Waals surface area contributed by atoms with Gasteiger partial charge in [-0.3, -0.25) is 15.2 Å². The number of nitrogens with zero attached hydrogens (tertiary/aromatic N) is 2. The highest BCUT2D eigenvalue weighted by atomic mass is 16.4. The molecule has 1 aromatic rings. The molecule has 0 unspecified atom stereocenters. The van der Waals surface area contributed by atoms with E-state index in [4.69, 9.17) is 5.11 Å². The van der Waals surface area contributed by atoms with Gasteiger partial charge < -0.3 is 5.11 Å². The molecule has 2 rings (SSSR count). The molecule has 0 radical (unpaired) electrons. The zero-order chi connectivity index (χ0) is 14.4. The number of carboxylic acid groups (broad SMARTS) is 1. The average molecular weight is 275 g/mol. The predicted molar refractivity (Wildman–Crippen MR) is 73.8 cm³/mol. The van der Waals surface area contributed by atoms with Crippen molar-refractivity contribution in [3.63, 3.8) is 0 Å². The Morgan fingerprint density at radius 1 is 1.25 bits per heavy atom. The van der Waals surface area contributed by atoms with Gasteiger partial charge in [-0.05, 0) is 30.5 Å². The Morgan fingerprint density at radius 2 is 2.00 bits per heavy atom. The topological polar surface area (TPSA) is 82.5 Å². The number of carbonyl (C=O) groups excluding carboxylic acids is 1. The molecule has 2 N–H and O–H groups in total. The summed E-state index contributed by atoms with van der Waals surface area (Å²) in [7, 11) is 0. The third kappa shape index (κ3) is 4.17. The van der Waals surface area contributed by atoms with Crippen LogP contribution in [0.25, 0.3) is 6.08 Å². The van der Waals surface area contributed by atoms with Gasteiger partial charge in [0.15, 0.2) is 0 Å². The fourth-order valence-electron chi connectivity index (χ4n) is 2.01. The summed E-state index contributed by atoms with van der Waals surface area (Å²) in [5.74, 6) is -1.25. The molecule has 1 amide bonds. The second-order valence-corrected chi connectivity index (χ2v) is 4.64. The highest BCUT2D eigenvalue weighted by Crippen LogP contribution is 2.07. The predicted octanol–water partition coefficient (Wildman–Crippen LogP) is 1.31. The number of carbonyl (C=O) groups is 2. The molecule has 2 heterocycles. The maximum absolute atomic E-state index is 12.0. The molecular formula is C14H17N3O3. The van der Waals surface area contributed by atoms with Crippen molar-refractivity contribution in [1.29, 1.82) is 0 Å². The zero-order valence-electron chi connectivity index (χ0n) is 11.1. The van der Waals surface area contributed by atoms with Crippen LogP contribution in [0.4, 0.5) is 0 Å². The van der Waals surface area contributed by atoms with Crippen LogP contribution in [0.3, 0.4) is 0 Å². The Bertz CT molecular complexity index is 505. The number of nitrogens with one attached hydrogen (secondary N) is 1. The van der Waals surface area contributed by atoms with Gasteiger partial charge in [-0.1, -0.05) is 12.5 Å². The van der Waals surface area contributed by atoms with E-state index >= 15 is 0 Å². The molecule has 0 saturated carbocycles. The fraction of sp³-hybridized carbons (Fsp3) is 0.357. The maximum atomic E-state index is 12.0. The van der Waals surface area contributed by atoms with Gasteiger partial charge in [-0.25, -0.2) is 9.80 Å². The van der Waals surface area contributed by atoms with Gasteiger partial charge in [0.05, 0.1) is 0 Å². The summed E-state index contributed by atoms with van der Waals surface area (Å²) in [5, 5.41) is 10.4. The summed E-state index contributed by atoms with van der Waals surface area (Å²) in [5.41, 5.74) is 3.79. The first-order valence-corrected chi connectivity index (χ1v) is 6.58. The summed E-state index contributed by atoms with van der Waals surface area (Å²) in [4.78, 5) is 26.4. The van der Waals surface area contributed by atoms with Gasteiger partial charge in [-0.15, -0.1) is 0 Å². The molecule has 6 heteroatoms. The quantitative estimate of drug-likeness (QED) is 0.810. The third-order valence-corrected chi connectivity index (χ3v) is 3.05. The molecule has 1 saturated heterocycles. The fourth-order valence-corrected chi connectivity index (χ4v) is 2.01. The van der Waals surface area contributed by atoms with Gasteiger partial charge in [0.2, 0.25) is 0 Å². The van der Waals surface area contributed by atoms with E-state index in [1.165, 1.54) is 18.7 Å². The van der Waals surface area contributed by atoms with Crippen LogP contribution in [0.1, 0.15) is 35.3 Å². The van der Waals surface area contributed by atoms with E-state index in [-0.39, 0.29) is 5.91 Å². The smallest absolute Gasteiger partial charge is 0.328 e. The minimum absolute atomic E-state index is 0.235. The highest BCUT2D eigenvalue weighted by molar-refractivity contribution is 5.92. The van der Waals surface area contributed by atoms with Gasteiger partial charge in [0.25, 0.3) is 5.91 Å². The molecule has 0 atom stereocenters. The van der Waals surface area contributed by atoms with Gasteiger partial charge in [0.1, 0.15) is 5.69 Å². The summed E-state index contributed by atoms with van der Waals surface area (Å²) >= 11 is 0. The standard InChI is InChI=1S/C14H17N3O3/c18-13(19)7-5-11-4-6-12(15-10-11)14(20)16-17-8-2-1-3-9-17/h4-7,10H,1-3,8-9H2,(H,16,20)(H,18,19)/b7-5+. The molecule has 1 aliphatic rings. The van der Waals surface area contributed by atoms with Crippen molar-refractivity contribution in [1.82, 2.24) is 15.4 Å². The Kier molecular flexibility index (Phi) is 4.84. The number of rotatable bonds is 4. The van der Waals surface area contributed by atoms with Crippen LogP contribution in [0.15, 0.2) is 24.4 Å². The van der Waals surface area contributed by atoms with Crippen LogP contribution in [-0.2, 0) is 4.79 Å². The van der Waals surface area contributed by atoms with Crippen molar-refractivity contribution < 1.29 is 14.7 Å². The Balaban J connectivity index is 1.94. The van der Waals surface area contributed by atoms with E-state index in [0.717, 1.165) is 32.0 Å². The number of hydrogen-bond donors (Lipinski definition) is 2. The van der Waals surface area contributed by atoms with Gasteiger partial charge in [0, 0.05) is 25.4 Å². The van der Waals surface area contributed by atoms with Crippen molar-refractivity contribution in [3.8, 4) is 0 Å². The summed E-state index contributed by atoms with van der Waals surface area (Å²) in [6.45, 7) is 1.73. The highest BCUT2D eigenvalue weighted by Gasteiger charge is 2.14. The molecule has 0 aliphatic carbocycles. The molecule has 0 aromatic carbocycles. The minimum Gasteiger partial charge on any atom is -0.478 e. The van der Waals surface area contributed by atoms with E-state index in [1.54, 1.807) is 12.1 Å². The van der Waals surface area contributed by atoms with Gasteiger partial charge >= 0.3 is 5.97 Å². The van der Waals surface area contributed by atoms with Crippen molar-refractivity contribution >= 4 is 18.0 Å². The van der Waals surface area contributed by atoms with Crippen molar-refractivity contribution in [2.45, 2.75) is 19.3 Å². The number of hydrazine groups is 1. The van der Waals surface area contributed by atoms with Crippen molar-refractivity contribution in [3.05, 3.63) is 35.7 Å². The lowest BCUT2D eigenvalue weighted by molar-refractivity contribution is -0.131. The normalized spacial score (nSPS) is 16.2. The molecule has 106 valence electrons. The van der Waals surface area contributed by atoms with E-state index in [9.17, 15) is 9.59 Å². The number of aliphatic carboxylic acids is 1. The molecule has 1 aromatic heterocycles.